The Kier molecular flexibility index (Phi) is 5.94. The average molecular weight is 364 g/mol. The minimum atomic E-state index is -0.477. The van der Waals surface area contributed by atoms with Gasteiger partial charge in [-0.2, -0.15) is 4.98 Å². The van der Waals surface area contributed by atoms with Gasteiger partial charge in [0.15, 0.2) is 5.82 Å². The number of carbonyl (C=O) groups excluding carboxylic acids is 2. The van der Waals surface area contributed by atoms with Crippen molar-refractivity contribution in [2.75, 3.05) is 0 Å². The van der Waals surface area contributed by atoms with E-state index in [1.54, 1.807) is 0 Å². The van der Waals surface area contributed by atoms with Gasteiger partial charge in [-0.1, -0.05) is 65.8 Å². The summed E-state index contributed by atoms with van der Waals surface area (Å²) >= 11 is 0. The minimum absolute atomic E-state index is 0.0577. The van der Waals surface area contributed by atoms with Crippen molar-refractivity contribution >= 4 is 11.8 Å². The third-order valence-corrected chi connectivity index (χ3v) is 3.96. The molecule has 27 heavy (non-hydrogen) atoms. The van der Waals surface area contributed by atoms with Crippen LogP contribution in [0, 0.1) is 0 Å². The fraction of sp³-hybridized carbons (Fsp3) is 0.200. The van der Waals surface area contributed by atoms with Gasteiger partial charge in [-0.25, -0.2) is 0 Å². The topological polar surface area (TPSA) is 97.1 Å². The summed E-state index contributed by atoms with van der Waals surface area (Å²) in [5, 5.41) is 9.27. The van der Waals surface area contributed by atoms with Crippen LogP contribution in [0.5, 0.6) is 0 Å². The van der Waals surface area contributed by atoms with Gasteiger partial charge in [-0.3, -0.25) is 9.59 Å². The van der Waals surface area contributed by atoms with Gasteiger partial charge in [0.2, 0.25) is 5.91 Å². The van der Waals surface area contributed by atoms with E-state index < -0.39 is 5.91 Å². The van der Waals surface area contributed by atoms with Crippen molar-refractivity contribution in [3.05, 3.63) is 83.5 Å². The fourth-order valence-electron chi connectivity index (χ4n) is 2.50. The normalized spacial score (nSPS) is 11.6. The van der Waals surface area contributed by atoms with Crippen LogP contribution in [0.25, 0.3) is 0 Å². The third kappa shape index (κ3) is 5.24. The van der Waals surface area contributed by atoms with Gasteiger partial charge in [-0.05, 0) is 18.1 Å². The van der Waals surface area contributed by atoms with E-state index in [4.69, 9.17) is 4.52 Å². The van der Waals surface area contributed by atoms with E-state index in [0.717, 1.165) is 11.1 Å². The number of benzene rings is 2. The maximum atomic E-state index is 12.2. The standard InChI is InChI=1S/C20H20N4O3/c1-14(16-10-6-3-7-11-16)22-19(26)20-23-17(24-27-20)12-18(25)21-13-15-8-4-2-5-9-15/h2-11,14H,12-13H2,1H3,(H,21,25)(H,22,26)/t14-/m0/s1. The Balaban J connectivity index is 1.51. The van der Waals surface area contributed by atoms with Crippen molar-refractivity contribution in [2.45, 2.75) is 25.9 Å². The highest BCUT2D eigenvalue weighted by molar-refractivity contribution is 5.89. The molecule has 138 valence electrons. The predicted octanol–water partition coefficient (Wildman–Crippen LogP) is 2.42. The molecule has 3 aromatic rings. The second kappa shape index (κ2) is 8.75. The number of hydrogen-bond donors (Lipinski definition) is 2. The summed E-state index contributed by atoms with van der Waals surface area (Å²) in [6.45, 7) is 2.28. The van der Waals surface area contributed by atoms with Gasteiger partial charge in [0.05, 0.1) is 12.5 Å². The van der Waals surface area contributed by atoms with Gasteiger partial charge >= 0.3 is 11.8 Å². The molecule has 7 heteroatoms. The first kappa shape index (κ1) is 18.3. The molecule has 0 spiro atoms. The molecule has 0 unspecified atom stereocenters. The monoisotopic (exact) mass is 364 g/mol. The lowest BCUT2D eigenvalue weighted by atomic mass is 10.1. The lowest BCUT2D eigenvalue weighted by Gasteiger charge is -2.12. The van der Waals surface area contributed by atoms with Crippen molar-refractivity contribution in [1.82, 2.24) is 20.8 Å². The summed E-state index contributed by atoms with van der Waals surface area (Å²) in [7, 11) is 0. The number of aromatic nitrogens is 2. The second-order valence-electron chi connectivity index (χ2n) is 6.06. The summed E-state index contributed by atoms with van der Waals surface area (Å²) in [6, 6.07) is 18.9. The Morgan fingerprint density at radius 2 is 1.70 bits per heavy atom. The molecule has 0 aliphatic carbocycles. The molecule has 0 saturated carbocycles. The third-order valence-electron chi connectivity index (χ3n) is 3.96. The number of rotatable bonds is 7. The van der Waals surface area contributed by atoms with Gasteiger partial charge in [0, 0.05) is 6.54 Å². The molecule has 1 heterocycles. The zero-order valence-electron chi connectivity index (χ0n) is 14.9. The Morgan fingerprint density at radius 3 is 2.41 bits per heavy atom. The van der Waals surface area contributed by atoms with Gasteiger partial charge in [-0.15, -0.1) is 0 Å². The summed E-state index contributed by atoms with van der Waals surface area (Å²) in [4.78, 5) is 28.2. The maximum absolute atomic E-state index is 12.2. The van der Waals surface area contributed by atoms with E-state index >= 15 is 0 Å². The first-order chi connectivity index (χ1) is 13.1. The Labute approximate surface area is 156 Å². The lowest BCUT2D eigenvalue weighted by Crippen LogP contribution is -2.27. The van der Waals surface area contributed by atoms with Crippen molar-refractivity contribution in [1.29, 1.82) is 0 Å². The van der Waals surface area contributed by atoms with E-state index in [2.05, 4.69) is 20.8 Å². The van der Waals surface area contributed by atoms with Crippen molar-refractivity contribution in [3.63, 3.8) is 0 Å². The highest BCUT2D eigenvalue weighted by atomic mass is 16.5. The minimum Gasteiger partial charge on any atom is -0.352 e. The number of nitrogens with one attached hydrogen (secondary N) is 2. The Morgan fingerprint density at radius 1 is 1.04 bits per heavy atom. The number of nitrogens with zero attached hydrogens (tertiary/aromatic N) is 2. The molecular formula is C20H20N4O3. The van der Waals surface area contributed by atoms with E-state index in [9.17, 15) is 9.59 Å². The van der Waals surface area contributed by atoms with Crippen LogP contribution in [-0.4, -0.2) is 22.0 Å². The van der Waals surface area contributed by atoms with Crippen LogP contribution in [0.4, 0.5) is 0 Å². The molecule has 1 aromatic heterocycles. The fourth-order valence-corrected chi connectivity index (χ4v) is 2.50. The first-order valence-electron chi connectivity index (χ1n) is 8.61. The van der Waals surface area contributed by atoms with E-state index in [1.165, 1.54) is 0 Å². The molecule has 7 nitrogen and oxygen atoms in total. The van der Waals surface area contributed by atoms with Crippen LogP contribution in [-0.2, 0) is 17.8 Å². The number of carbonyl (C=O) groups is 2. The van der Waals surface area contributed by atoms with E-state index in [1.807, 2.05) is 67.6 Å². The highest BCUT2D eigenvalue weighted by Gasteiger charge is 2.19. The van der Waals surface area contributed by atoms with Crippen molar-refractivity contribution in [2.24, 2.45) is 0 Å². The van der Waals surface area contributed by atoms with Crippen LogP contribution in [0.3, 0.4) is 0 Å². The highest BCUT2D eigenvalue weighted by Crippen LogP contribution is 2.12. The molecule has 0 aliphatic rings. The van der Waals surface area contributed by atoms with E-state index in [-0.39, 0.29) is 30.1 Å². The maximum Gasteiger partial charge on any atom is 0.315 e. The molecule has 0 radical (unpaired) electrons. The molecule has 0 bridgehead atoms. The molecule has 1 atom stereocenters. The zero-order chi connectivity index (χ0) is 19.1. The van der Waals surface area contributed by atoms with Gasteiger partial charge in [0.1, 0.15) is 0 Å². The molecular weight excluding hydrogens is 344 g/mol. The zero-order valence-corrected chi connectivity index (χ0v) is 14.9. The van der Waals surface area contributed by atoms with Crippen molar-refractivity contribution in [3.8, 4) is 0 Å². The Hall–Kier alpha value is -3.48. The largest absolute Gasteiger partial charge is 0.352 e. The van der Waals surface area contributed by atoms with Crippen LogP contribution >= 0.6 is 0 Å². The Bertz CT molecular complexity index is 894. The molecule has 3 rings (SSSR count). The van der Waals surface area contributed by atoms with Crippen LogP contribution in [0.15, 0.2) is 65.2 Å². The van der Waals surface area contributed by atoms with Crippen LogP contribution in [0.1, 0.15) is 40.6 Å². The number of hydrogen-bond acceptors (Lipinski definition) is 5. The SMILES string of the molecule is C[C@H](NC(=O)c1nc(CC(=O)NCc2ccccc2)no1)c1ccccc1. The summed E-state index contributed by atoms with van der Waals surface area (Å²) in [6.07, 6.45) is -0.0577. The molecule has 2 amide bonds. The summed E-state index contributed by atoms with van der Waals surface area (Å²) in [5.41, 5.74) is 1.96. The van der Waals surface area contributed by atoms with Crippen LogP contribution in [0.2, 0.25) is 0 Å². The summed E-state index contributed by atoms with van der Waals surface area (Å²) < 4.78 is 4.97. The lowest BCUT2D eigenvalue weighted by molar-refractivity contribution is -0.120. The van der Waals surface area contributed by atoms with Crippen molar-refractivity contribution < 1.29 is 14.1 Å². The number of amides is 2. The van der Waals surface area contributed by atoms with Crippen LogP contribution < -0.4 is 10.6 Å². The van der Waals surface area contributed by atoms with Gasteiger partial charge < -0.3 is 15.2 Å². The first-order valence-corrected chi connectivity index (χ1v) is 8.61. The smallest absolute Gasteiger partial charge is 0.315 e. The molecule has 2 N–H and O–H groups in total. The second-order valence-corrected chi connectivity index (χ2v) is 6.06. The quantitative estimate of drug-likeness (QED) is 0.671. The van der Waals surface area contributed by atoms with Gasteiger partial charge in [0.25, 0.3) is 0 Å². The molecule has 0 aliphatic heterocycles. The summed E-state index contributed by atoms with van der Waals surface area (Å²) in [5.74, 6) is -0.722. The van der Waals surface area contributed by atoms with E-state index in [0.29, 0.717) is 6.54 Å². The predicted molar refractivity (Wildman–Crippen MR) is 98.6 cm³/mol. The molecule has 0 fully saturated rings. The average Bonchev–Trinajstić information content (AvgIpc) is 3.16. The molecule has 2 aromatic carbocycles. The molecule has 0 saturated heterocycles.